The van der Waals surface area contributed by atoms with Crippen molar-refractivity contribution in [2.24, 2.45) is 5.92 Å². The maximum Gasteiger partial charge on any atom is 0.161 e. The highest BCUT2D eigenvalue weighted by Gasteiger charge is 2.56. The quantitative estimate of drug-likeness (QED) is 0.785. The molecule has 1 fully saturated rings. The minimum Gasteiger partial charge on any atom is -0.504 e. The molecular weight excluding hydrogens is 386 g/mol. The molecule has 0 amide bonds. The number of benzene rings is 1. The van der Waals surface area contributed by atoms with E-state index in [0.717, 1.165) is 35.0 Å². The smallest absolute Gasteiger partial charge is 0.161 e. The first-order chi connectivity index (χ1) is 11.9. The Kier molecular flexibility index (Phi) is 4.05. The van der Waals surface area contributed by atoms with Gasteiger partial charge in [0.2, 0.25) is 0 Å². The first-order valence-corrected chi connectivity index (χ1v) is 9.45. The normalized spacial score (nSPS) is 34.0. The number of methoxy groups -OCH3 is 2. The lowest BCUT2D eigenvalue weighted by Gasteiger charge is -2.57. The van der Waals surface area contributed by atoms with Crippen LogP contribution in [0, 0.1) is 5.92 Å². The van der Waals surface area contributed by atoms with Crippen molar-refractivity contribution in [1.82, 2.24) is 4.90 Å². The van der Waals surface area contributed by atoms with Crippen LogP contribution in [0.25, 0.3) is 0 Å². The zero-order valence-electron chi connectivity index (χ0n) is 14.8. The Morgan fingerprint density at radius 3 is 2.76 bits per heavy atom. The van der Waals surface area contributed by atoms with Crippen molar-refractivity contribution in [1.29, 1.82) is 0 Å². The molecule has 1 aliphatic heterocycles. The number of aliphatic hydroxyl groups is 1. The Bertz CT molecular complexity index is 749. The Labute approximate surface area is 156 Å². The first kappa shape index (κ1) is 17.2. The van der Waals surface area contributed by atoms with Gasteiger partial charge in [-0.2, -0.15) is 0 Å². The molecule has 1 aromatic carbocycles. The second-order valence-corrected chi connectivity index (χ2v) is 8.29. The molecule has 25 heavy (non-hydrogen) atoms. The molecule has 1 unspecified atom stereocenters. The summed E-state index contributed by atoms with van der Waals surface area (Å²) < 4.78 is 11.8. The standard InChI is InChI=1S/C19H24BrNO4/c1-21-5-4-19-9-14(22)15(24-2)7-11(19)13(21)6-10-12(20)8-16(25-3)18(23)17(10)19/h7-8,11,13-14,22-23H,4-6,9H2,1-3H3/t11-,13+,14?,19+/m0/s1. The van der Waals surface area contributed by atoms with E-state index in [1.54, 1.807) is 14.2 Å². The van der Waals surface area contributed by atoms with Gasteiger partial charge in [0.25, 0.3) is 0 Å². The average Bonchev–Trinajstić information content (AvgIpc) is 2.59. The predicted molar refractivity (Wildman–Crippen MR) is 98.0 cm³/mol. The number of rotatable bonds is 2. The number of likely N-dealkylation sites (tertiary alicyclic amines) is 1. The number of hydrogen-bond acceptors (Lipinski definition) is 5. The molecule has 0 saturated carbocycles. The lowest BCUT2D eigenvalue weighted by atomic mass is 9.53. The number of phenolic OH excluding ortho intramolecular Hbond substituents is 1. The number of aromatic hydroxyl groups is 1. The van der Waals surface area contributed by atoms with Crippen molar-refractivity contribution in [3.05, 3.63) is 33.5 Å². The van der Waals surface area contributed by atoms with Gasteiger partial charge >= 0.3 is 0 Å². The number of halogens is 1. The van der Waals surface area contributed by atoms with Crippen molar-refractivity contribution < 1.29 is 19.7 Å². The van der Waals surface area contributed by atoms with Gasteiger partial charge in [-0.25, -0.2) is 0 Å². The van der Waals surface area contributed by atoms with Gasteiger partial charge in [-0.1, -0.05) is 15.9 Å². The van der Waals surface area contributed by atoms with Crippen LogP contribution in [0.5, 0.6) is 11.5 Å². The fourth-order valence-corrected chi connectivity index (χ4v) is 5.80. The number of fused-ring (bicyclic) bond motifs is 1. The molecule has 4 atom stereocenters. The largest absolute Gasteiger partial charge is 0.504 e. The Morgan fingerprint density at radius 2 is 2.08 bits per heavy atom. The highest BCUT2D eigenvalue weighted by atomic mass is 79.9. The summed E-state index contributed by atoms with van der Waals surface area (Å²) in [4.78, 5) is 2.39. The minimum absolute atomic E-state index is 0.196. The molecule has 0 radical (unpaired) electrons. The van der Waals surface area contributed by atoms with E-state index in [-0.39, 0.29) is 17.1 Å². The molecule has 1 saturated heterocycles. The number of piperidine rings is 1. The lowest BCUT2D eigenvalue weighted by molar-refractivity contribution is -0.00395. The van der Waals surface area contributed by atoms with Crippen molar-refractivity contribution in [2.75, 3.05) is 27.8 Å². The highest BCUT2D eigenvalue weighted by molar-refractivity contribution is 9.10. The predicted octanol–water partition coefficient (Wildman–Crippen LogP) is 2.57. The maximum atomic E-state index is 11.0. The van der Waals surface area contributed by atoms with E-state index in [0.29, 0.717) is 24.0 Å². The second-order valence-electron chi connectivity index (χ2n) is 7.44. The van der Waals surface area contributed by atoms with Crippen molar-refractivity contribution in [3.63, 3.8) is 0 Å². The summed E-state index contributed by atoms with van der Waals surface area (Å²) in [5.74, 6) is 1.54. The molecule has 2 aliphatic carbocycles. The monoisotopic (exact) mass is 409 g/mol. The third-order valence-corrected chi connectivity index (χ3v) is 7.15. The number of aliphatic hydroxyl groups excluding tert-OH is 1. The van der Waals surface area contributed by atoms with Gasteiger partial charge in [-0.05, 0) is 50.6 Å². The zero-order chi connectivity index (χ0) is 17.9. The van der Waals surface area contributed by atoms with Crippen LogP contribution >= 0.6 is 15.9 Å². The summed E-state index contributed by atoms with van der Waals surface area (Å²) in [6.07, 6.45) is 3.72. The van der Waals surface area contributed by atoms with E-state index in [2.05, 4.69) is 34.0 Å². The summed E-state index contributed by atoms with van der Waals surface area (Å²) in [5.41, 5.74) is 1.78. The van der Waals surface area contributed by atoms with Crippen molar-refractivity contribution in [2.45, 2.75) is 36.8 Å². The van der Waals surface area contributed by atoms with E-state index in [1.807, 2.05) is 6.07 Å². The van der Waals surface area contributed by atoms with Crippen molar-refractivity contribution >= 4 is 15.9 Å². The molecule has 1 heterocycles. The van der Waals surface area contributed by atoms with E-state index < -0.39 is 6.10 Å². The molecule has 5 nitrogen and oxygen atoms in total. The highest BCUT2D eigenvalue weighted by Crippen LogP contribution is 2.59. The molecule has 6 heteroatoms. The van der Waals surface area contributed by atoms with E-state index in [9.17, 15) is 10.2 Å². The van der Waals surface area contributed by atoms with Crippen LogP contribution in [0.1, 0.15) is 24.0 Å². The molecule has 2 bridgehead atoms. The molecule has 1 aromatic rings. The Balaban J connectivity index is 1.99. The number of hydrogen-bond donors (Lipinski definition) is 2. The fraction of sp³-hybridized carbons (Fsp3) is 0.579. The van der Waals surface area contributed by atoms with E-state index in [4.69, 9.17) is 9.47 Å². The third kappa shape index (κ3) is 2.27. The van der Waals surface area contributed by atoms with Crippen molar-refractivity contribution in [3.8, 4) is 11.5 Å². The molecular formula is C19H24BrNO4. The van der Waals surface area contributed by atoms with Gasteiger partial charge in [0.05, 0.1) is 14.2 Å². The Morgan fingerprint density at radius 1 is 1.32 bits per heavy atom. The minimum atomic E-state index is -0.652. The first-order valence-electron chi connectivity index (χ1n) is 8.65. The fourth-order valence-electron chi connectivity index (χ4n) is 5.23. The van der Waals surface area contributed by atoms with Crippen LogP contribution in [0.3, 0.4) is 0 Å². The molecule has 0 spiro atoms. The van der Waals surface area contributed by atoms with Crippen LogP contribution < -0.4 is 4.74 Å². The van der Waals surface area contributed by atoms with Gasteiger partial charge < -0.3 is 24.6 Å². The van der Waals surface area contributed by atoms with Gasteiger partial charge in [0.1, 0.15) is 11.9 Å². The number of phenols is 1. The van der Waals surface area contributed by atoms with E-state index in [1.165, 1.54) is 0 Å². The molecule has 2 N–H and O–H groups in total. The number of nitrogens with zero attached hydrogens (tertiary/aromatic N) is 1. The van der Waals surface area contributed by atoms with Crippen LogP contribution in [0.2, 0.25) is 0 Å². The summed E-state index contributed by atoms with van der Waals surface area (Å²) in [6.45, 7) is 0.942. The van der Waals surface area contributed by atoms with Crippen LogP contribution in [-0.2, 0) is 16.6 Å². The second kappa shape index (κ2) is 5.89. The molecule has 136 valence electrons. The SMILES string of the molecule is COC1=C[C@H]2[C@H]3Cc4c(Br)cc(OC)c(O)c4[C@]2(CCN3C)CC1O. The molecule has 0 aromatic heterocycles. The average molecular weight is 410 g/mol. The van der Waals surface area contributed by atoms with Gasteiger partial charge in [-0.15, -0.1) is 0 Å². The summed E-state index contributed by atoms with van der Waals surface area (Å²) >= 11 is 3.68. The Hall–Kier alpha value is -1.24. The molecule has 4 rings (SSSR count). The summed E-state index contributed by atoms with van der Waals surface area (Å²) in [5, 5.41) is 21.6. The van der Waals surface area contributed by atoms with Gasteiger partial charge in [-0.3, -0.25) is 0 Å². The van der Waals surface area contributed by atoms with Gasteiger partial charge in [0, 0.05) is 27.4 Å². The number of ether oxygens (including phenoxy) is 2. The van der Waals surface area contributed by atoms with Crippen LogP contribution in [0.4, 0.5) is 0 Å². The summed E-state index contributed by atoms with van der Waals surface area (Å²) in [6, 6.07) is 2.17. The third-order valence-electron chi connectivity index (χ3n) is 6.44. The topological polar surface area (TPSA) is 62.2 Å². The number of likely N-dealkylation sites (N-methyl/N-ethyl adjacent to an activating group) is 1. The maximum absolute atomic E-state index is 11.0. The van der Waals surface area contributed by atoms with Gasteiger partial charge in [0.15, 0.2) is 11.5 Å². The lowest BCUT2D eigenvalue weighted by Crippen LogP contribution is -2.60. The van der Waals surface area contributed by atoms with E-state index >= 15 is 0 Å². The zero-order valence-corrected chi connectivity index (χ0v) is 16.3. The van der Waals surface area contributed by atoms with Crippen LogP contribution in [-0.4, -0.2) is 55.1 Å². The van der Waals surface area contributed by atoms with Crippen LogP contribution in [0.15, 0.2) is 22.4 Å². The molecule has 3 aliphatic rings. The summed E-state index contributed by atoms with van der Waals surface area (Å²) in [7, 11) is 5.34.